The number of carbonyl (C=O) groups is 4. The van der Waals surface area contributed by atoms with Crippen molar-refractivity contribution in [3.8, 4) is 0 Å². The van der Waals surface area contributed by atoms with E-state index in [4.69, 9.17) is 16.6 Å². The van der Waals surface area contributed by atoms with Gasteiger partial charge in [-0.05, 0) is 5.92 Å². The molecule has 0 saturated heterocycles. The highest BCUT2D eigenvalue weighted by Crippen LogP contribution is 2.03. The van der Waals surface area contributed by atoms with Gasteiger partial charge in [0.2, 0.25) is 11.8 Å². The summed E-state index contributed by atoms with van der Waals surface area (Å²) in [4.78, 5) is 44.1. The monoisotopic (exact) mass is 274 g/mol. The summed E-state index contributed by atoms with van der Waals surface area (Å²) in [7, 11) is 0. The van der Waals surface area contributed by atoms with Gasteiger partial charge in [0, 0.05) is 0 Å². The van der Waals surface area contributed by atoms with Crippen molar-refractivity contribution >= 4 is 23.8 Å². The highest BCUT2D eigenvalue weighted by molar-refractivity contribution is 5.91. The van der Waals surface area contributed by atoms with Crippen molar-refractivity contribution in [1.82, 2.24) is 10.6 Å². The number of carboxylic acids is 1. The molecule has 9 nitrogen and oxygen atoms in total. The van der Waals surface area contributed by atoms with E-state index in [0.717, 1.165) is 0 Å². The lowest BCUT2D eigenvalue weighted by molar-refractivity contribution is -0.143. The Morgan fingerprint density at radius 2 is 1.63 bits per heavy atom. The summed E-state index contributed by atoms with van der Waals surface area (Å²) >= 11 is 0. The van der Waals surface area contributed by atoms with Crippen LogP contribution in [0.4, 0.5) is 4.79 Å². The Morgan fingerprint density at radius 3 is 1.95 bits per heavy atom. The largest absolute Gasteiger partial charge is 0.480 e. The lowest BCUT2D eigenvalue weighted by Gasteiger charge is -2.22. The Bertz CT molecular complexity index is 382. The van der Waals surface area contributed by atoms with E-state index in [9.17, 15) is 19.2 Å². The number of aliphatic carboxylic acids is 1. The van der Waals surface area contributed by atoms with Crippen LogP contribution in [0.1, 0.15) is 20.3 Å². The van der Waals surface area contributed by atoms with Gasteiger partial charge >= 0.3 is 12.0 Å². The predicted octanol–water partition coefficient (Wildman–Crippen LogP) is -1.88. The summed E-state index contributed by atoms with van der Waals surface area (Å²) in [5.74, 6) is -3.32. The smallest absolute Gasteiger partial charge is 0.326 e. The number of carboxylic acid groups (broad SMARTS) is 1. The van der Waals surface area contributed by atoms with Crippen LogP contribution in [0, 0.1) is 5.92 Å². The first-order chi connectivity index (χ1) is 8.65. The third-order valence-corrected chi connectivity index (χ3v) is 2.27. The number of hydrogen-bond acceptors (Lipinski definition) is 4. The number of rotatable bonds is 7. The Kier molecular flexibility index (Phi) is 6.31. The predicted molar refractivity (Wildman–Crippen MR) is 64.7 cm³/mol. The van der Waals surface area contributed by atoms with Gasteiger partial charge in [0.05, 0.1) is 6.42 Å². The molecule has 2 atom stereocenters. The van der Waals surface area contributed by atoms with E-state index in [1.807, 2.05) is 0 Å². The zero-order valence-electron chi connectivity index (χ0n) is 10.7. The van der Waals surface area contributed by atoms with Crippen molar-refractivity contribution in [3.63, 3.8) is 0 Å². The van der Waals surface area contributed by atoms with Crippen molar-refractivity contribution in [3.05, 3.63) is 0 Å². The molecule has 0 rings (SSSR count). The number of nitrogens with two attached hydrogens (primary N) is 2. The fourth-order valence-electron chi connectivity index (χ4n) is 1.35. The van der Waals surface area contributed by atoms with E-state index in [0.29, 0.717) is 0 Å². The van der Waals surface area contributed by atoms with Crippen molar-refractivity contribution < 1.29 is 24.3 Å². The second-order valence-electron chi connectivity index (χ2n) is 4.30. The number of urea groups is 1. The Morgan fingerprint density at radius 1 is 1.11 bits per heavy atom. The van der Waals surface area contributed by atoms with Crippen LogP contribution < -0.4 is 22.1 Å². The highest BCUT2D eigenvalue weighted by Gasteiger charge is 2.28. The van der Waals surface area contributed by atoms with Crippen molar-refractivity contribution in [1.29, 1.82) is 0 Å². The number of amides is 4. The summed E-state index contributed by atoms with van der Waals surface area (Å²) in [6.07, 6.45) is -0.539. The van der Waals surface area contributed by atoms with Crippen LogP contribution in [-0.4, -0.2) is 41.0 Å². The van der Waals surface area contributed by atoms with Gasteiger partial charge in [-0.1, -0.05) is 13.8 Å². The average Bonchev–Trinajstić information content (AvgIpc) is 2.23. The van der Waals surface area contributed by atoms with Crippen LogP contribution in [0.5, 0.6) is 0 Å². The molecule has 0 aromatic rings. The van der Waals surface area contributed by atoms with E-state index in [2.05, 4.69) is 10.6 Å². The van der Waals surface area contributed by atoms with Gasteiger partial charge in [0.15, 0.2) is 0 Å². The zero-order chi connectivity index (χ0) is 15.2. The summed E-state index contributed by atoms with van der Waals surface area (Å²) < 4.78 is 0. The summed E-state index contributed by atoms with van der Waals surface area (Å²) in [6, 6.07) is -3.34. The van der Waals surface area contributed by atoms with Gasteiger partial charge in [-0.3, -0.25) is 9.59 Å². The minimum absolute atomic E-state index is 0.310. The molecule has 0 aromatic heterocycles. The molecule has 0 heterocycles. The van der Waals surface area contributed by atoms with Crippen molar-refractivity contribution in [2.24, 2.45) is 17.4 Å². The van der Waals surface area contributed by atoms with E-state index >= 15 is 0 Å². The molecule has 0 aliphatic heterocycles. The van der Waals surface area contributed by atoms with Crippen LogP contribution in [0.3, 0.4) is 0 Å². The maximum atomic E-state index is 11.8. The van der Waals surface area contributed by atoms with Gasteiger partial charge in [-0.25, -0.2) is 9.59 Å². The summed E-state index contributed by atoms with van der Waals surface area (Å²) in [5, 5.41) is 13.2. The lowest BCUT2D eigenvalue weighted by atomic mass is 10.0. The van der Waals surface area contributed by atoms with Gasteiger partial charge in [-0.15, -0.1) is 0 Å². The molecule has 0 bridgehead atoms. The number of hydrogen-bond donors (Lipinski definition) is 5. The summed E-state index contributed by atoms with van der Waals surface area (Å²) in [6.45, 7) is 3.29. The third kappa shape index (κ3) is 6.24. The normalized spacial score (nSPS) is 13.4. The van der Waals surface area contributed by atoms with E-state index in [1.54, 1.807) is 13.8 Å². The molecular formula is C10H18N4O5. The Hall–Kier alpha value is -2.32. The quantitative estimate of drug-likeness (QED) is 0.366. The molecule has 0 saturated carbocycles. The SMILES string of the molecule is CC(C)C(NC(N)=O)C(=O)N[C@@H](CC(N)=O)C(=O)O. The molecule has 4 amide bonds. The third-order valence-electron chi connectivity index (χ3n) is 2.27. The fraction of sp³-hybridized carbons (Fsp3) is 0.600. The van der Waals surface area contributed by atoms with Crippen LogP contribution in [0.2, 0.25) is 0 Å². The molecule has 0 aromatic carbocycles. The first-order valence-electron chi connectivity index (χ1n) is 5.52. The molecule has 108 valence electrons. The molecule has 9 heteroatoms. The second-order valence-corrected chi connectivity index (χ2v) is 4.30. The van der Waals surface area contributed by atoms with Gasteiger partial charge in [0.1, 0.15) is 12.1 Å². The molecular weight excluding hydrogens is 256 g/mol. The lowest BCUT2D eigenvalue weighted by Crippen LogP contribution is -2.55. The van der Waals surface area contributed by atoms with E-state index < -0.39 is 42.3 Å². The molecule has 0 spiro atoms. The topological polar surface area (TPSA) is 165 Å². The molecule has 19 heavy (non-hydrogen) atoms. The molecule has 7 N–H and O–H groups in total. The first-order valence-corrected chi connectivity index (χ1v) is 5.52. The van der Waals surface area contributed by atoms with Crippen molar-refractivity contribution in [2.45, 2.75) is 32.4 Å². The molecule has 0 fully saturated rings. The van der Waals surface area contributed by atoms with Crippen LogP contribution in [0.15, 0.2) is 0 Å². The van der Waals surface area contributed by atoms with Gasteiger partial charge < -0.3 is 27.2 Å². The van der Waals surface area contributed by atoms with Crippen molar-refractivity contribution in [2.75, 3.05) is 0 Å². The molecule has 0 aliphatic carbocycles. The second kappa shape index (κ2) is 7.19. The molecule has 0 aliphatic rings. The highest BCUT2D eigenvalue weighted by atomic mass is 16.4. The Labute approximate surface area is 109 Å². The van der Waals surface area contributed by atoms with E-state index in [1.165, 1.54) is 0 Å². The standard InChI is InChI=1S/C10H18N4O5/c1-4(2)7(14-10(12)19)8(16)13-5(9(17)18)3-6(11)15/h4-5,7H,3H2,1-2H3,(H2,11,15)(H,13,16)(H,17,18)(H3,12,14,19)/t5-,7?/m0/s1. The maximum Gasteiger partial charge on any atom is 0.326 e. The Balaban J connectivity index is 4.80. The van der Waals surface area contributed by atoms with E-state index in [-0.39, 0.29) is 5.92 Å². The van der Waals surface area contributed by atoms with Crippen LogP contribution in [0.25, 0.3) is 0 Å². The summed E-state index contributed by atoms with van der Waals surface area (Å²) in [5.41, 5.74) is 9.80. The first kappa shape index (κ1) is 16.7. The minimum Gasteiger partial charge on any atom is -0.480 e. The fourth-order valence-corrected chi connectivity index (χ4v) is 1.35. The minimum atomic E-state index is -1.44. The number of carbonyl (C=O) groups excluding carboxylic acids is 3. The number of primary amides is 2. The van der Waals surface area contributed by atoms with Crippen LogP contribution in [-0.2, 0) is 14.4 Å². The van der Waals surface area contributed by atoms with Gasteiger partial charge in [-0.2, -0.15) is 0 Å². The number of nitrogens with one attached hydrogen (secondary N) is 2. The molecule has 1 unspecified atom stereocenters. The molecule has 0 radical (unpaired) electrons. The zero-order valence-corrected chi connectivity index (χ0v) is 10.7. The van der Waals surface area contributed by atoms with Gasteiger partial charge in [0.25, 0.3) is 0 Å². The van der Waals surface area contributed by atoms with Crippen LogP contribution >= 0.6 is 0 Å². The maximum absolute atomic E-state index is 11.8. The average molecular weight is 274 g/mol.